The lowest BCUT2D eigenvalue weighted by Gasteiger charge is -2.14. The molecule has 0 aliphatic rings. The Morgan fingerprint density at radius 1 is 0.871 bits per heavy atom. The van der Waals surface area contributed by atoms with E-state index in [4.69, 9.17) is 21.6 Å². The van der Waals surface area contributed by atoms with E-state index in [1.54, 1.807) is 0 Å². The molecule has 4 rings (SSSR count). The van der Waals surface area contributed by atoms with E-state index in [1.807, 2.05) is 24.3 Å². The molecule has 0 saturated heterocycles. The first-order valence-corrected chi connectivity index (χ1v) is 10.9. The van der Waals surface area contributed by atoms with Gasteiger partial charge in [-0.25, -0.2) is 9.97 Å². The van der Waals surface area contributed by atoms with Gasteiger partial charge in [0.15, 0.2) is 5.82 Å². The predicted molar refractivity (Wildman–Crippen MR) is 132 cm³/mol. The van der Waals surface area contributed by atoms with Gasteiger partial charge >= 0.3 is 0 Å². The van der Waals surface area contributed by atoms with E-state index >= 15 is 0 Å². The molecular formula is C26H27ClN4. The average molecular weight is 431 g/mol. The fourth-order valence-electron chi connectivity index (χ4n) is 3.67. The highest BCUT2D eigenvalue weighted by Crippen LogP contribution is 2.30. The summed E-state index contributed by atoms with van der Waals surface area (Å²) in [5.74, 6) is 1.61. The zero-order valence-electron chi connectivity index (χ0n) is 18.2. The van der Waals surface area contributed by atoms with Crippen molar-refractivity contribution in [3.8, 4) is 22.5 Å². The van der Waals surface area contributed by atoms with Crippen LogP contribution in [0.15, 0.2) is 66.7 Å². The number of nitrogens with one attached hydrogen (secondary N) is 1. The quantitative estimate of drug-likeness (QED) is 0.350. The number of aryl methyl sites for hydroxylation is 1. The molecule has 0 aliphatic carbocycles. The number of fused-ring (bicyclic) bond motifs is 1. The lowest BCUT2D eigenvalue weighted by molar-refractivity contribution is 0.405. The smallest absolute Gasteiger partial charge is 0.162 e. The molecule has 0 unspecified atom stereocenters. The van der Waals surface area contributed by atoms with Gasteiger partial charge in [0.1, 0.15) is 5.82 Å². The van der Waals surface area contributed by atoms with Crippen LogP contribution < -0.4 is 5.32 Å². The molecule has 3 aromatic carbocycles. The van der Waals surface area contributed by atoms with Gasteiger partial charge in [0.2, 0.25) is 0 Å². The van der Waals surface area contributed by atoms with Crippen molar-refractivity contribution in [1.82, 2.24) is 14.9 Å². The van der Waals surface area contributed by atoms with Crippen LogP contribution in [-0.4, -0.2) is 42.1 Å². The average Bonchev–Trinajstić information content (AvgIpc) is 2.77. The van der Waals surface area contributed by atoms with Gasteiger partial charge in [-0.05, 0) is 74.9 Å². The Labute approximate surface area is 188 Å². The maximum Gasteiger partial charge on any atom is 0.162 e. The van der Waals surface area contributed by atoms with E-state index in [0.717, 1.165) is 69.3 Å². The minimum absolute atomic E-state index is 0.723. The van der Waals surface area contributed by atoms with Gasteiger partial charge in [-0.1, -0.05) is 54.1 Å². The third-order valence-electron chi connectivity index (χ3n) is 5.28. The summed E-state index contributed by atoms with van der Waals surface area (Å²) in [6, 6.07) is 22.4. The van der Waals surface area contributed by atoms with Crippen LogP contribution >= 0.6 is 11.6 Å². The van der Waals surface area contributed by atoms with Crippen molar-refractivity contribution >= 4 is 28.3 Å². The standard InChI is InChI=1S/C26H27ClN4/c1-18-8-4-13-23-24(18)29-25(30-26(23)28-14-7-15-31(2)3)21-11-5-9-19(16-21)20-10-6-12-22(27)17-20/h4-6,8-13,16-17H,7,14-15H2,1-3H3,(H,28,29,30). The lowest BCUT2D eigenvalue weighted by atomic mass is 10.0. The lowest BCUT2D eigenvalue weighted by Crippen LogP contribution is -2.17. The summed E-state index contributed by atoms with van der Waals surface area (Å²) < 4.78 is 0. The van der Waals surface area contributed by atoms with Gasteiger partial charge in [-0.3, -0.25) is 0 Å². The summed E-state index contributed by atoms with van der Waals surface area (Å²) in [6.07, 6.45) is 1.05. The highest BCUT2D eigenvalue weighted by molar-refractivity contribution is 6.30. The molecule has 31 heavy (non-hydrogen) atoms. The van der Waals surface area contributed by atoms with Gasteiger partial charge < -0.3 is 10.2 Å². The van der Waals surface area contributed by atoms with E-state index in [2.05, 4.69) is 73.7 Å². The van der Waals surface area contributed by atoms with Crippen LogP contribution in [0.2, 0.25) is 5.02 Å². The molecule has 0 radical (unpaired) electrons. The largest absolute Gasteiger partial charge is 0.369 e. The van der Waals surface area contributed by atoms with Gasteiger partial charge in [0, 0.05) is 22.5 Å². The fourth-order valence-corrected chi connectivity index (χ4v) is 3.86. The van der Waals surface area contributed by atoms with Crippen LogP contribution in [0.3, 0.4) is 0 Å². The normalized spacial score (nSPS) is 11.3. The Hall–Kier alpha value is -2.95. The molecule has 0 fully saturated rings. The molecule has 0 saturated carbocycles. The highest BCUT2D eigenvalue weighted by Gasteiger charge is 2.12. The Morgan fingerprint density at radius 2 is 1.58 bits per heavy atom. The van der Waals surface area contributed by atoms with Crippen LogP contribution in [0.4, 0.5) is 5.82 Å². The molecule has 0 spiro atoms. The highest BCUT2D eigenvalue weighted by atomic mass is 35.5. The number of aromatic nitrogens is 2. The van der Waals surface area contributed by atoms with Gasteiger partial charge in [0.05, 0.1) is 5.52 Å². The van der Waals surface area contributed by atoms with Gasteiger partial charge in [-0.2, -0.15) is 0 Å². The van der Waals surface area contributed by atoms with Crippen molar-refractivity contribution in [2.24, 2.45) is 0 Å². The van der Waals surface area contributed by atoms with Crippen LogP contribution in [0.5, 0.6) is 0 Å². The second kappa shape index (κ2) is 9.46. The maximum atomic E-state index is 6.20. The molecule has 1 aromatic heterocycles. The first kappa shape index (κ1) is 21.3. The summed E-state index contributed by atoms with van der Waals surface area (Å²) in [6.45, 7) is 3.99. The second-order valence-corrected chi connectivity index (χ2v) is 8.48. The SMILES string of the molecule is Cc1cccc2c(NCCCN(C)C)nc(-c3cccc(-c4cccc(Cl)c4)c3)nc12. The van der Waals surface area contributed by atoms with Crippen molar-refractivity contribution in [3.63, 3.8) is 0 Å². The molecule has 0 aliphatic heterocycles. The van der Waals surface area contributed by atoms with E-state index in [1.165, 1.54) is 0 Å². The number of hydrogen-bond acceptors (Lipinski definition) is 4. The monoisotopic (exact) mass is 430 g/mol. The summed E-state index contributed by atoms with van der Waals surface area (Å²) >= 11 is 6.20. The number of benzene rings is 3. The van der Waals surface area contributed by atoms with Crippen LogP contribution in [0.1, 0.15) is 12.0 Å². The molecule has 5 heteroatoms. The zero-order chi connectivity index (χ0) is 21.8. The molecule has 0 amide bonds. The predicted octanol–water partition coefficient (Wildman–Crippen LogP) is 6.29. The Morgan fingerprint density at radius 3 is 2.35 bits per heavy atom. The van der Waals surface area contributed by atoms with Gasteiger partial charge in [-0.15, -0.1) is 0 Å². The molecule has 158 valence electrons. The van der Waals surface area contributed by atoms with E-state index in [-0.39, 0.29) is 0 Å². The Kier molecular flexibility index (Phi) is 6.50. The van der Waals surface area contributed by atoms with Crippen molar-refractivity contribution in [2.75, 3.05) is 32.5 Å². The summed E-state index contributed by atoms with van der Waals surface area (Å²) in [7, 11) is 4.18. The van der Waals surface area contributed by atoms with Crippen molar-refractivity contribution in [3.05, 3.63) is 77.3 Å². The second-order valence-electron chi connectivity index (χ2n) is 8.04. The number of halogens is 1. The minimum Gasteiger partial charge on any atom is -0.369 e. The molecule has 4 nitrogen and oxygen atoms in total. The number of anilines is 1. The Bertz CT molecular complexity index is 1200. The first-order chi connectivity index (χ1) is 15.0. The topological polar surface area (TPSA) is 41.0 Å². The third kappa shape index (κ3) is 5.04. The maximum absolute atomic E-state index is 6.20. The fraction of sp³-hybridized carbons (Fsp3) is 0.231. The van der Waals surface area contributed by atoms with Crippen LogP contribution in [0.25, 0.3) is 33.4 Å². The third-order valence-corrected chi connectivity index (χ3v) is 5.52. The molecule has 0 atom stereocenters. The van der Waals surface area contributed by atoms with E-state index in [0.29, 0.717) is 0 Å². The van der Waals surface area contributed by atoms with E-state index in [9.17, 15) is 0 Å². The van der Waals surface area contributed by atoms with Crippen LogP contribution in [0, 0.1) is 6.92 Å². The number of para-hydroxylation sites is 1. The number of nitrogens with zero attached hydrogens (tertiary/aromatic N) is 3. The minimum atomic E-state index is 0.723. The molecule has 4 aromatic rings. The van der Waals surface area contributed by atoms with Gasteiger partial charge in [0.25, 0.3) is 0 Å². The zero-order valence-corrected chi connectivity index (χ0v) is 18.9. The van der Waals surface area contributed by atoms with E-state index < -0.39 is 0 Å². The summed E-state index contributed by atoms with van der Waals surface area (Å²) in [4.78, 5) is 12.0. The summed E-state index contributed by atoms with van der Waals surface area (Å²) in [5, 5.41) is 5.32. The van der Waals surface area contributed by atoms with Crippen molar-refractivity contribution in [2.45, 2.75) is 13.3 Å². The molecule has 1 N–H and O–H groups in total. The molecular weight excluding hydrogens is 404 g/mol. The Balaban J connectivity index is 1.74. The molecule has 0 bridgehead atoms. The van der Waals surface area contributed by atoms with Crippen molar-refractivity contribution in [1.29, 1.82) is 0 Å². The summed E-state index contributed by atoms with van der Waals surface area (Å²) in [5.41, 5.74) is 5.28. The molecule has 1 heterocycles. The van der Waals surface area contributed by atoms with Crippen LogP contribution in [-0.2, 0) is 0 Å². The number of rotatable bonds is 7. The number of hydrogen-bond donors (Lipinski definition) is 1. The first-order valence-electron chi connectivity index (χ1n) is 10.5. The van der Waals surface area contributed by atoms with Crippen molar-refractivity contribution < 1.29 is 0 Å².